The molecule has 1 fully saturated rings. The van der Waals surface area contributed by atoms with Gasteiger partial charge in [0.1, 0.15) is 6.10 Å². The van der Waals surface area contributed by atoms with Gasteiger partial charge in [-0.15, -0.1) is 0 Å². The van der Waals surface area contributed by atoms with Crippen molar-refractivity contribution in [2.24, 2.45) is 11.8 Å². The molecule has 0 saturated heterocycles. The average molecular weight is 196 g/mol. The molecule has 0 aliphatic heterocycles. The summed E-state index contributed by atoms with van der Waals surface area (Å²) in [7, 11) is 0. The molecule has 0 spiro atoms. The predicted molar refractivity (Wildman–Crippen MR) is 56.9 cm³/mol. The summed E-state index contributed by atoms with van der Waals surface area (Å²) in [5.74, 6) is 0.990. The molecule has 0 aromatic rings. The summed E-state index contributed by atoms with van der Waals surface area (Å²) in [6.45, 7) is 9.69. The highest BCUT2D eigenvalue weighted by molar-refractivity contribution is 5.87. The SMILES string of the molecule is C=C(C)C(=O)OC1CCC(C)C1CC. The number of hydrogen-bond donors (Lipinski definition) is 0. The molecule has 1 aliphatic carbocycles. The lowest BCUT2D eigenvalue weighted by Crippen LogP contribution is -2.24. The molecule has 3 unspecified atom stereocenters. The minimum Gasteiger partial charge on any atom is -0.459 e. The molecule has 1 aliphatic rings. The van der Waals surface area contributed by atoms with Crippen LogP contribution in [0.4, 0.5) is 0 Å². The third-order valence-corrected chi connectivity index (χ3v) is 3.19. The van der Waals surface area contributed by atoms with E-state index < -0.39 is 0 Å². The molecule has 14 heavy (non-hydrogen) atoms. The Morgan fingerprint density at radius 2 is 2.14 bits per heavy atom. The van der Waals surface area contributed by atoms with Gasteiger partial charge >= 0.3 is 5.97 Å². The van der Waals surface area contributed by atoms with E-state index in [0.717, 1.165) is 12.8 Å². The highest BCUT2D eigenvalue weighted by Crippen LogP contribution is 2.36. The lowest BCUT2D eigenvalue weighted by molar-refractivity contribution is -0.146. The fourth-order valence-corrected chi connectivity index (χ4v) is 2.27. The maximum absolute atomic E-state index is 11.3. The van der Waals surface area contributed by atoms with Crippen molar-refractivity contribution in [1.82, 2.24) is 0 Å². The maximum Gasteiger partial charge on any atom is 0.333 e. The molecule has 80 valence electrons. The van der Waals surface area contributed by atoms with Crippen molar-refractivity contribution in [3.05, 3.63) is 12.2 Å². The average Bonchev–Trinajstić information content (AvgIpc) is 2.46. The second-order valence-corrected chi connectivity index (χ2v) is 4.35. The van der Waals surface area contributed by atoms with Crippen molar-refractivity contribution in [2.45, 2.75) is 46.1 Å². The molecule has 3 atom stereocenters. The first kappa shape index (κ1) is 11.3. The van der Waals surface area contributed by atoms with Crippen LogP contribution in [0.5, 0.6) is 0 Å². The van der Waals surface area contributed by atoms with E-state index in [4.69, 9.17) is 4.74 Å². The van der Waals surface area contributed by atoms with Gasteiger partial charge in [-0.2, -0.15) is 0 Å². The Kier molecular flexibility index (Phi) is 3.73. The van der Waals surface area contributed by atoms with Crippen LogP contribution in [0.25, 0.3) is 0 Å². The van der Waals surface area contributed by atoms with E-state index in [1.165, 1.54) is 6.42 Å². The fraction of sp³-hybridized carbons (Fsp3) is 0.750. The third kappa shape index (κ3) is 2.37. The minimum atomic E-state index is -0.234. The molecular formula is C12H20O2. The Bertz CT molecular complexity index is 232. The van der Waals surface area contributed by atoms with Gasteiger partial charge in [-0.1, -0.05) is 20.4 Å². The van der Waals surface area contributed by atoms with E-state index in [9.17, 15) is 4.79 Å². The molecule has 0 aromatic carbocycles. The zero-order valence-electron chi connectivity index (χ0n) is 9.38. The number of rotatable bonds is 3. The van der Waals surface area contributed by atoms with Gasteiger partial charge in [0.2, 0.25) is 0 Å². The van der Waals surface area contributed by atoms with Crippen molar-refractivity contribution in [2.75, 3.05) is 0 Å². The first-order chi connectivity index (χ1) is 6.56. The summed E-state index contributed by atoms with van der Waals surface area (Å²) in [5.41, 5.74) is 0.499. The Morgan fingerprint density at radius 1 is 1.50 bits per heavy atom. The van der Waals surface area contributed by atoms with Crippen LogP contribution in [0.3, 0.4) is 0 Å². The Balaban J connectivity index is 2.53. The van der Waals surface area contributed by atoms with Crippen molar-refractivity contribution >= 4 is 5.97 Å². The van der Waals surface area contributed by atoms with Gasteiger partial charge in [0.15, 0.2) is 0 Å². The Hall–Kier alpha value is -0.790. The molecule has 1 saturated carbocycles. The van der Waals surface area contributed by atoms with Gasteiger partial charge in [0.05, 0.1) is 0 Å². The van der Waals surface area contributed by atoms with E-state index in [1.54, 1.807) is 6.92 Å². The highest BCUT2D eigenvalue weighted by atomic mass is 16.5. The topological polar surface area (TPSA) is 26.3 Å². The first-order valence-corrected chi connectivity index (χ1v) is 5.42. The molecule has 2 heteroatoms. The van der Waals surface area contributed by atoms with E-state index in [2.05, 4.69) is 20.4 Å². The van der Waals surface area contributed by atoms with Crippen LogP contribution in [0.1, 0.15) is 40.0 Å². The highest BCUT2D eigenvalue weighted by Gasteiger charge is 2.34. The number of ether oxygens (including phenoxy) is 1. The standard InChI is InChI=1S/C12H20O2/c1-5-10-9(4)6-7-11(10)14-12(13)8(2)3/h9-11H,2,5-7H2,1,3-4H3. The summed E-state index contributed by atoms with van der Waals surface area (Å²) < 4.78 is 5.41. The summed E-state index contributed by atoms with van der Waals surface area (Å²) in [6, 6.07) is 0. The van der Waals surface area contributed by atoms with Gasteiger partial charge < -0.3 is 4.74 Å². The van der Waals surface area contributed by atoms with Crippen LogP contribution in [0.15, 0.2) is 12.2 Å². The third-order valence-electron chi connectivity index (χ3n) is 3.19. The van der Waals surface area contributed by atoms with Crippen LogP contribution in [0, 0.1) is 11.8 Å². The molecule has 0 bridgehead atoms. The second kappa shape index (κ2) is 4.63. The van der Waals surface area contributed by atoms with Gasteiger partial charge in [0.25, 0.3) is 0 Å². The minimum absolute atomic E-state index is 0.124. The molecule has 1 rings (SSSR count). The fourth-order valence-electron chi connectivity index (χ4n) is 2.27. The zero-order valence-corrected chi connectivity index (χ0v) is 9.38. The van der Waals surface area contributed by atoms with Gasteiger partial charge in [0, 0.05) is 5.57 Å². The van der Waals surface area contributed by atoms with E-state index in [-0.39, 0.29) is 12.1 Å². The zero-order chi connectivity index (χ0) is 10.7. The molecule has 0 N–H and O–H groups in total. The monoisotopic (exact) mass is 196 g/mol. The Labute approximate surface area is 86.3 Å². The van der Waals surface area contributed by atoms with Crippen LogP contribution in [-0.2, 0) is 9.53 Å². The number of carbonyl (C=O) groups is 1. The number of hydrogen-bond acceptors (Lipinski definition) is 2. The largest absolute Gasteiger partial charge is 0.459 e. The van der Waals surface area contributed by atoms with Gasteiger partial charge in [-0.3, -0.25) is 0 Å². The van der Waals surface area contributed by atoms with Gasteiger partial charge in [-0.25, -0.2) is 4.79 Å². The predicted octanol–water partition coefficient (Wildman–Crippen LogP) is 2.93. The summed E-state index contributed by atoms with van der Waals surface area (Å²) >= 11 is 0. The number of carbonyl (C=O) groups excluding carboxylic acids is 1. The van der Waals surface area contributed by atoms with Crippen molar-refractivity contribution in [1.29, 1.82) is 0 Å². The van der Waals surface area contributed by atoms with Crippen molar-refractivity contribution in [3.63, 3.8) is 0 Å². The molecule has 0 amide bonds. The Morgan fingerprint density at radius 3 is 2.64 bits per heavy atom. The smallest absolute Gasteiger partial charge is 0.333 e. The van der Waals surface area contributed by atoms with E-state index in [0.29, 0.717) is 17.4 Å². The van der Waals surface area contributed by atoms with Crippen molar-refractivity contribution in [3.8, 4) is 0 Å². The summed E-state index contributed by atoms with van der Waals surface area (Å²) in [5, 5.41) is 0. The summed E-state index contributed by atoms with van der Waals surface area (Å²) in [6.07, 6.45) is 3.40. The summed E-state index contributed by atoms with van der Waals surface area (Å²) in [4.78, 5) is 11.3. The molecule has 0 heterocycles. The lowest BCUT2D eigenvalue weighted by Gasteiger charge is -2.21. The van der Waals surface area contributed by atoms with E-state index >= 15 is 0 Å². The molecule has 0 aromatic heterocycles. The van der Waals surface area contributed by atoms with Crippen molar-refractivity contribution < 1.29 is 9.53 Å². The molecule has 2 nitrogen and oxygen atoms in total. The normalized spacial score (nSPS) is 31.5. The first-order valence-electron chi connectivity index (χ1n) is 5.42. The number of esters is 1. The van der Waals surface area contributed by atoms with E-state index in [1.807, 2.05) is 0 Å². The second-order valence-electron chi connectivity index (χ2n) is 4.35. The van der Waals surface area contributed by atoms with Crippen LogP contribution >= 0.6 is 0 Å². The molecular weight excluding hydrogens is 176 g/mol. The quantitative estimate of drug-likeness (QED) is 0.512. The van der Waals surface area contributed by atoms with Crippen LogP contribution in [0.2, 0.25) is 0 Å². The van der Waals surface area contributed by atoms with Crippen LogP contribution in [-0.4, -0.2) is 12.1 Å². The van der Waals surface area contributed by atoms with Gasteiger partial charge in [-0.05, 0) is 38.0 Å². The maximum atomic E-state index is 11.3. The molecule has 0 radical (unpaired) electrons. The van der Waals surface area contributed by atoms with Crippen LogP contribution < -0.4 is 0 Å². The lowest BCUT2D eigenvalue weighted by atomic mass is 9.94.